The third-order valence-electron chi connectivity index (χ3n) is 4.14. The third kappa shape index (κ3) is 2.63. The Morgan fingerprint density at radius 3 is 2.12 bits per heavy atom. The molecule has 3 aromatic carbocycles. The number of Topliss-reactive ketones (excluding diaryl/α,β-unsaturated/α-hetero) is 1. The lowest BCUT2D eigenvalue weighted by atomic mass is 9.90. The van der Waals surface area contributed by atoms with Gasteiger partial charge in [-0.3, -0.25) is 4.79 Å². The fourth-order valence-electron chi connectivity index (χ4n) is 2.96. The molecule has 0 fully saturated rings. The van der Waals surface area contributed by atoms with Gasteiger partial charge in [0.25, 0.3) is 0 Å². The summed E-state index contributed by atoms with van der Waals surface area (Å²) in [6.45, 7) is 0. The molecular formula is C22H16O2. The first-order valence-electron chi connectivity index (χ1n) is 7.95. The van der Waals surface area contributed by atoms with Crippen molar-refractivity contribution in [2.75, 3.05) is 0 Å². The summed E-state index contributed by atoms with van der Waals surface area (Å²) in [6.07, 6.45) is 1.34. The lowest BCUT2D eigenvalue weighted by molar-refractivity contribution is -0.120. The van der Waals surface area contributed by atoms with Gasteiger partial charge in [0.1, 0.15) is 5.75 Å². The Kier molecular flexibility index (Phi) is 3.72. The van der Waals surface area contributed by atoms with Crippen LogP contribution in [0.4, 0.5) is 0 Å². The van der Waals surface area contributed by atoms with Crippen LogP contribution in [-0.4, -0.2) is 5.78 Å². The zero-order valence-corrected chi connectivity index (χ0v) is 13.1. The lowest BCUT2D eigenvalue weighted by Crippen LogP contribution is -2.25. The van der Waals surface area contributed by atoms with Gasteiger partial charge in [-0.1, -0.05) is 78.9 Å². The maximum atomic E-state index is 13.1. The fraction of sp³-hybridized carbons (Fsp3) is 0.0455. The fourth-order valence-corrected chi connectivity index (χ4v) is 2.96. The summed E-state index contributed by atoms with van der Waals surface area (Å²) < 4.78 is 6.01. The van der Waals surface area contributed by atoms with E-state index in [4.69, 9.17) is 4.74 Å². The second-order valence-electron chi connectivity index (χ2n) is 5.74. The van der Waals surface area contributed by atoms with E-state index in [-0.39, 0.29) is 5.78 Å². The van der Waals surface area contributed by atoms with Gasteiger partial charge in [0.05, 0.1) is 0 Å². The maximum absolute atomic E-state index is 13.1. The van der Waals surface area contributed by atoms with E-state index < -0.39 is 6.10 Å². The van der Waals surface area contributed by atoms with Gasteiger partial charge in [-0.25, -0.2) is 0 Å². The molecule has 2 nitrogen and oxygen atoms in total. The van der Waals surface area contributed by atoms with Crippen LogP contribution in [0, 0.1) is 0 Å². The average Bonchev–Trinajstić information content (AvgIpc) is 2.65. The van der Waals surface area contributed by atoms with E-state index in [1.807, 2.05) is 91.0 Å². The molecule has 0 saturated carbocycles. The molecule has 1 heterocycles. The van der Waals surface area contributed by atoms with Gasteiger partial charge in [0, 0.05) is 16.7 Å². The molecule has 1 aliphatic heterocycles. The molecule has 0 amide bonds. The van der Waals surface area contributed by atoms with E-state index in [9.17, 15) is 4.79 Å². The van der Waals surface area contributed by atoms with Crippen molar-refractivity contribution in [3.8, 4) is 5.75 Å². The Morgan fingerprint density at radius 1 is 0.750 bits per heavy atom. The number of para-hydroxylation sites is 1. The van der Waals surface area contributed by atoms with Crippen molar-refractivity contribution >= 4 is 17.4 Å². The first-order valence-corrected chi connectivity index (χ1v) is 7.95. The van der Waals surface area contributed by atoms with Gasteiger partial charge in [-0.2, -0.15) is 0 Å². The highest BCUT2D eigenvalue weighted by Gasteiger charge is 2.33. The predicted molar refractivity (Wildman–Crippen MR) is 95.6 cm³/mol. The molecule has 0 aliphatic carbocycles. The zero-order valence-electron chi connectivity index (χ0n) is 13.1. The number of hydrogen-bond acceptors (Lipinski definition) is 2. The molecule has 0 spiro atoms. The van der Waals surface area contributed by atoms with Crippen LogP contribution in [0.1, 0.15) is 22.8 Å². The molecular weight excluding hydrogens is 296 g/mol. The summed E-state index contributed by atoms with van der Waals surface area (Å²) in [7, 11) is 0. The van der Waals surface area contributed by atoms with E-state index in [1.165, 1.54) is 0 Å². The Balaban J connectivity index is 1.85. The monoisotopic (exact) mass is 312 g/mol. The molecule has 1 aliphatic rings. The Hall–Kier alpha value is -3.13. The summed E-state index contributed by atoms with van der Waals surface area (Å²) >= 11 is 0. The van der Waals surface area contributed by atoms with Crippen molar-refractivity contribution in [2.45, 2.75) is 6.10 Å². The normalized spacial score (nSPS) is 18.1. The van der Waals surface area contributed by atoms with Crippen molar-refractivity contribution < 1.29 is 9.53 Å². The first-order chi connectivity index (χ1) is 11.8. The molecule has 1 unspecified atom stereocenters. The summed E-state index contributed by atoms with van der Waals surface area (Å²) in [6, 6.07) is 27.2. The minimum absolute atomic E-state index is 0.0104. The molecule has 1 atom stereocenters. The quantitative estimate of drug-likeness (QED) is 0.627. The van der Waals surface area contributed by atoms with Crippen LogP contribution in [0.15, 0.2) is 84.9 Å². The lowest BCUT2D eigenvalue weighted by Gasteiger charge is -2.27. The topological polar surface area (TPSA) is 26.3 Å². The van der Waals surface area contributed by atoms with E-state index in [1.54, 1.807) is 0 Å². The molecule has 0 N–H and O–H groups in total. The molecule has 4 rings (SSSR count). The average molecular weight is 312 g/mol. The van der Waals surface area contributed by atoms with Crippen LogP contribution in [0.25, 0.3) is 11.6 Å². The second kappa shape index (κ2) is 6.17. The summed E-state index contributed by atoms with van der Waals surface area (Å²) in [5.41, 5.74) is 3.41. The number of ether oxygens (including phenoxy) is 1. The Bertz CT molecular complexity index is 896. The SMILES string of the molecule is O=C1C(=Cc2ccccc2)c2ccccc2OC1c1ccccc1. The zero-order chi connectivity index (χ0) is 16.4. The molecule has 3 aromatic rings. The van der Waals surface area contributed by atoms with E-state index in [0.717, 1.165) is 22.4 Å². The molecule has 0 bridgehead atoms. The van der Waals surface area contributed by atoms with Crippen molar-refractivity contribution in [1.82, 2.24) is 0 Å². The first kappa shape index (κ1) is 14.5. The van der Waals surface area contributed by atoms with E-state index >= 15 is 0 Å². The smallest absolute Gasteiger partial charge is 0.208 e. The number of rotatable bonds is 2. The molecule has 0 radical (unpaired) electrons. The molecule has 116 valence electrons. The van der Waals surface area contributed by atoms with Crippen LogP contribution >= 0.6 is 0 Å². The van der Waals surface area contributed by atoms with Crippen molar-refractivity contribution in [3.63, 3.8) is 0 Å². The number of fused-ring (bicyclic) bond motifs is 1. The minimum Gasteiger partial charge on any atom is -0.477 e. The van der Waals surface area contributed by atoms with Gasteiger partial charge in [0.15, 0.2) is 6.10 Å². The van der Waals surface area contributed by atoms with Crippen molar-refractivity contribution in [1.29, 1.82) is 0 Å². The summed E-state index contributed by atoms with van der Waals surface area (Å²) in [5, 5.41) is 0. The predicted octanol–water partition coefficient (Wildman–Crippen LogP) is 4.93. The van der Waals surface area contributed by atoms with Crippen LogP contribution < -0.4 is 4.74 Å². The van der Waals surface area contributed by atoms with E-state index in [2.05, 4.69) is 0 Å². The second-order valence-corrected chi connectivity index (χ2v) is 5.74. The van der Waals surface area contributed by atoms with Crippen molar-refractivity contribution in [3.05, 3.63) is 102 Å². The summed E-state index contributed by atoms with van der Waals surface area (Å²) in [4.78, 5) is 13.1. The van der Waals surface area contributed by atoms with Crippen molar-refractivity contribution in [2.24, 2.45) is 0 Å². The molecule has 0 saturated heterocycles. The summed E-state index contributed by atoms with van der Waals surface area (Å²) in [5.74, 6) is 0.733. The van der Waals surface area contributed by atoms with Crippen LogP contribution in [0.2, 0.25) is 0 Å². The number of ketones is 1. The minimum atomic E-state index is -0.601. The van der Waals surface area contributed by atoms with Crippen LogP contribution in [-0.2, 0) is 4.79 Å². The Labute approximate surface area is 141 Å². The highest BCUT2D eigenvalue weighted by molar-refractivity contribution is 6.28. The van der Waals surface area contributed by atoms with Gasteiger partial charge in [0.2, 0.25) is 5.78 Å². The van der Waals surface area contributed by atoms with Gasteiger partial charge in [-0.05, 0) is 17.7 Å². The molecule has 0 aromatic heterocycles. The van der Waals surface area contributed by atoms with Crippen LogP contribution in [0.3, 0.4) is 0 Å². The largest absolute Gasteiger partial charge is 0.477 e. The van der Waals surface area contributed by atoms with Gasteiger partial charge < -0.3 is 4.74 Å². The Morgan fingerprint density at radius 2 is 1.38 bits per heavy atom. The number of benzene rings is 3. The number of carbonyl (C=O) groups excluding carboxylic acids is 1. The molecule has 2 heteroatoms. The van der Waals surface area contributed by atoms with E-state index in [0.29, 0.717) is 5.57 Å². The number of carbonyl (C=O) groups is 1. The maximum Gasteiger partial charge on any atom is 0.208 e. The standard InChI is InChI=1S/C22H16O2/c23-21-19(15-16-9-3-1-4-10-16)18-13-7-8-14-20(18)24-22(21)17-11-5-2-6-12-17/h1-15,22H. The highest BCUT2D eigenvalue weighted by Crippen LogP contribution is 2.39. The van der Waals surface area contributed by atoms with Gasteiger partial charge in [-0.15, -0.1) is 0 Å². The van der Waals surface area contributed by atoms with Crippen LogP contribution in [0.5, 0.6) is 5.75 Å². The number of hydrogen-bond donors (Lipinski definition) is 0. The highest BCUT2D eigenvalue weighted by atomic mass is 16.5. The van der Waals surface area contributed by atoms with Gasteiger partial charge >= 0.3 is 0 Å². The molecule has 24 heavy (non-hydrogen) atoms. The third-order valence-corrected chi connectivity index (χ3v) is 4.14.